The van der Waals surface area contributed by atoms with Gasteiger partial charge in [-0.15, -0.1) is 0 Å². The molecular formula is C14H26N2O. The molecular weight excluding hydrogens is 212 g/mol. The average Bonchev–Trinajstić information content (AvgIpc) is 2.89. The Hall–Kier alpha value is -0.730. The number of hydrogen-bond donors (Lipinski definition) is 1. The van der Waals surface area contributed by atoms with Crippen molar-refractivity contribution in [3.05, 3.63) is 0 Å². The molecule has 0 spiro atoms. The summed E-state index contributed by atoms with van der Waals surface area (Å²) < 4.78 is 0. The zero-order valence-electron chi connectivity index (χ0n) is 11.1. The smallest absolute Gasteiger partial charge is 0.317 e. The molecule has 0 bridgehead atoms. The van der Waals surface area contributed by atoms with E-state index < -0.39 is 0 Å². The highest BCUT2D eigenvalue weighted by molar-refractivity contribution is 5.74. The van der Waals surface area contributed by atoms with Gasteiger partial charge in [-0.3, -0.25) is 0 Å². The summed E-state index contributed by atoms with van der Waals surface area (Å²) in [6.45, 7) is 4.04. The molecule has 1 heterocycles. The molecule has 1 N–H and O–H groups in total. The van der Waals surface area contributed by atoms with Crippen LogP contribution in [-0.4, -0.2) is 30.1 Å². The van der Waals surface area contributed by atoms with Gasteiger partial charge in [-0.2, -0.15) is 0 Å². The number of piperidine rings is 1. The van der Waals surface area contributed by atoms with Gasteiger partial charge in [0.2, 0.25) is 0 Å². The van der Waals surface area contributed by atoms with Crippen molar-refractivity contribution in [3.63, 3.8) is 0 Å². The topological polar surface area (TPSA) is 32.3 Å². The molecule has 2 amide bonds. The zero-order valence-corrected chi connectivity index (χ0v) is 11.1. The Morgan fingerprint density at radius 3 is 2.59 bits per heavy atom. The normalized spacial score (nSPS) is 26.2. The molecule has 17 heavy (non-hydrogen) atoms. The third-order valence-electron chi connectivity index (χ3n) is 4.38. The Morgan fingerprint density at radius 2 is 1.88 bits per heavy atom. The first-order valence-electron chi connectivity index (χ1n) is 7.35. The van der Waals surface area contributed by atoms with Crippen LogP contribution < -0.4 is 5.32 Å². The molecule has 2 aliphatic rings. The standard InChI is InChI=1S/C14H26N2O/c1-2-13-9-5-6-10-16(13)14(17)15-11-12-7-3-4-8-12/h12-13H,2-11H2,1H3,(H,15,17). The Kier molecular flexibility index (Phi) is 4.69. The second-order valence-electron chi connectivity index (χ2n) is 5.59. The van der Waals surface area contributed by atoms with E-state index in [1.807, 2.05) is 0 Å². The monoisotopic (exact) mass is 238 g/mol. The number of likely N-dealkylation sites (tertiary alicyclic amines) is 1. The van der Waals surface area contributed by atoms with E-state index in [4.69, 9.17) is 0 Å². The van der Waals surface area contributed by atoms with Gasteiger partial charge in [0.25, 0.3) is 0 Å². The third-order valence-corrected chi connectivity index (χ3v) is 4.38. The van der Waals surface area contributed by atoms with Crippen molar-refractivity contribution in [1.82, 2.24) is 10.2 Å². The number of rotatable bonds is 3. The minimum atomic E-state index is 0.184. The van der Waals surface area contributed by atoms with Crippen LogP contribution in [0, 0.1) is 5.92 Å². The fourth-order valence-electron chi connectivity index (χ4n) is 3.24. The summed E-state index contributed by atoms with van der Waals surface area (Å²) in [5, 5.41) is 3.15. The second kappa shape index (κ2) is 6.27. The first kappa shape index (κ1) is 12.7. The second-order valence-corrected chi connectivity index (χ2v) is 5.59. The van der Waals surface area contributed by atoms with E-state index in [1.165, 1.54) is 44.9 Å². The Morgan fingerprint density at radius 1 is 1.18 bits per heavy atom. The fourth-order valence-corrected chi connectivity index (χ4v) is 3.24. The van der Waals surface area contributed by atoms with Crippen LogP contribution in [0.5, 0.6) is 0 Å². The molecule has 1 aliphatic carbocycles. The van der Waals surface area contributed by atoms with E-state index in [-0.39, 0.29) is 6.03 Å². The van der Waals surface area contributed by atoms with Crippen molar-refractivity contribution in [2.75, 3.05) is 13.1 Å². The number of hydrogen-bond acceptors (Lipinski definition) is 1. The molecule has 0 aromatic carbocycles. The maximum absolute atomic E-state index is 12.1. The van der Waals surface area contributed by atoms with Crippen LogP contribution in [0.2, 0.25) is 0 Å². The van der Waals surface area contributed by atoms with Crippen LogP contribution in [0.15, 0.2) is 0 Å². The highest BCUT2D eigenvalue weighted by atomic mass is 16.2. The van der Waals surface area contributed by atoms with Gasteiger partial charge < -0.3 is 10.2 Å². The predicted molar refractivity (Wildman–Crippen MR) is 70.0 cm³/mol. The predicted octanol–water partition coefficient (Wildman–Crippen LogP) is 3.15. The van der Waals surface area contributed by atoms with Crippen LogP contribution in [0.3, 0.4) is 0 Å². The molecule has 1 atom stereocenters. The van der Waals surface area contributed by atoms with Gasteiger partial charge in [-0.1, -0.05) is 19.8 Å². The van der Waals surface area contributed by atoms with Crippen LogP contribution in [0.25, 0.3) is 0 Å². The lowest BCUT2D eigenvalue weighted by Gasteiger charge is -2.35. The first-order valence-corrected chi connectivity index (χ1v) is 7.35. The van der Waals surface area contributed by atoms with Gasteiger partial charge in [0.1, 0.15) is 0 Å². The van der Waals surface area contributed by atoms with Gasteiger partial charge >= 0.3 is 6.03 Å². The van der Waals surface area contributed by atoms with Gasteiger partial charge in [-0.25, -0.2) is 4.79 Å². The molecule has 98 valence electrons. The zero-order chi connectivity index (χ0) is 12.1. The van der Waals surface area contributed by atoms with Crippen molar-refractivity contribution in [3.8, 4) is 0 Å². The molecule has 1 aliphatic heterocycles. The molecule has 1 unspecified atom stereocenters. The fraction of sp³-hybridized carbons (Fsp3) is 0.929. The highest BCUT2D eigenvalue weighted by Gasteiger charge is 2.25. The van der Waals surface area contributed by atoms with Crippen molar-refractivity contribution in [1.29, 1.82) is 0 Å². The molecule has 1 saturated heterocycles. The summed E-state index contributed by atoms with van der Waals surface area (Å²) in [6.07, 6.45) is 10.0. The minimum absolute atomic E-state index is 0.184. The Bertz CT molecular complexity index is 249. The third kappa shape index (κ3) is 3.36. The Balaban J connectivity index is 1.76. The maximum Gasteiger partial charge on any atom is 0.317 e. The van der Waals surface area contributed by atoms with Crippen molar-refractivity contribution in [2.45, 2.75) is 64.3 Å². The molecule has 0 radical (unpaired) electrons. The maximum atomic E-state index is 12.1. The van der Waals surface area contributed by atoms with Crippen molar-refractivity contribution >= 4 is 6.03 Å². The van der Waals surface area contributed by atoms with Crippen LogP contribution in [-0.2, 0) is 0 Å². The molecule has 1 saturated carbocycles. The van der Waals surface area contributed by atoms with Gasteiger partial charge in [0.05, 0.1) is 0 Å². The SMILES string of the molecule is CCC1CCCCN1C(=O)NCC1CCCC1. The molecule has 0 aromatic rings. The minimum Gasteiger partial charge on any atom is -0.338 e. The van der Waals surface area contributed by atoms with E-state index in [0.717, 1.165) is 25.4 Å². The summed E-state index contributed by atoms with van der Waals surface area (Å²) in [5.74, 6) is 0.740. The van der Waals surface area contributed by atoms with Crippen molar-refractivity contribution in [2.24, 2.45) is 5.92 Å². The average molecular weight is 238 g/mol. The van der Waals surface area contributed by atoms with Crippen LogP contribution in [0.1, 0.15) is 58.3 Å². The van der Waals surface area contributed by atoms with E-state index in [1.54, 1.807) is 0 Å². The quantitative estimate of drug-likeness (QED) is 0.805. The van der Waals surface area contributed by atoms with Gasteiger partial charge in [0.15, 0.2) is 0 Å². The molecule has 3 nitrogen and oxygen atoms in total. The Labute approximate surface area is 105 Å². The summed E-state index contributed by atoms with van der Waals surface area (Å²) in [5.41, 5.74) is 0. The lowest BCUT2D eigenvalue weighted by Crippen LogP contribution is -2.49. The lowest BCUT2D eigenvalue weighted by molar-refractivity contribution is 0.147. The van der Waals surface area contributed by atoms with Gasteiger partial charge in [0, 0.05) is 19.1 Å². The number of amides is 2. The van der Waals surface area contributed by atoms with E-state index in [9.17, 15) is 4.79 Å². The van der Waals surface area contributed by atoms with Crippen LogP contribution in [0.4, 0.5) is 4.79 Å². The summed E-state index contributed by atoms with van der Waals surface area (Å²) in [6, 6.07) is 0.663. The van der Waals surface area contributed by atoms with E-state index in [2.05, 4.69) is 17.1 Å². The first-order chi connectivity index (χ1) is 8.31. The summed E-state index contributed by atoms with van der Waals surface area (Å²) in [7, 11) is 0. The molecule has 0 aromatic heterocycles. The van der Waals surface area contributed by atoms with Gasteiger partial charge in [-0.05, 0) is 44.4 Å². The molecule has 3 heteroatoms. The number of carbonyl (C=O) groups excluding carboxylic acids is 1. The lowest BCUT2D eigenvalue weighted by atomic mass is 10.0. The van der Waals surface area contributed by atoms with Crippen molar-refractivity contribution < 1.29 is 4.79 Å². The van der Waals surface area contributed by atoms with E-state index in [0.29, 0.717) is 6.04 Å². The largest absolute Gasteiger partial charge is 0.338 e. The highest BCUT2D eigenvalue weighted by Crippen LogP contribution is 2.24. The number of carbonyl (C=O) groups is 1. The van der Waals surface area contributed by atoms with E-state index >= 15 is 0 Å². The van der Waals surface area contributed by atoms with Crippen LogP contribution >= 0.6 is 0 Å². The molecule has 2 rings (SSSR count). The molecule has 2 fully saturated rings. The summed E-state index contributed by atoms with van der Waals surface area (Å²) in [4.78, 5) is 14.2. The number of urea groups is 1. The summed E-state index contributed by atoms with van der Waals surface area (Å²) >= 11 is 0. The number of nitrogens with one attached hydrogen (secondary N) is 1. The number of nitrogens with zero attached hydrogens (tertiary/aromatic N) is 1.